The molecule has 1 aromatic carbocycles. The molecule has 1 aromatic heterocycles. The predicted octanol–water partition coefficient (Wildman–Crippen LogP) is 2.34. The summed E-state index contributed by atoms with van der Waals surface area (Å²) in [5.74, 6) is -1.48. The van der Waals surface area contributed by atoms with Gasteiger partial charge >= 0.3 is 12.0 Å². The molecule has 0 unspecified atom stereocenters. The molecule has 1 atom stereocenters. The minimum atomic E-state index is -0.510. The van der Waals surface area contributed by atoms with E-state index in [1.807, 2.05) is 0 Å². The number of hydrogen-bond donors (Lipinski definition) is 2. The number of rotatable bonds is 6. The Morgan fingerprint density at radius 3 is 2.93 bits per heavy atom. The average Bonchev–Trinajstić information content (AvgIpc) is 3.35. The number of likely N-dealkylation sites (tertiary alicyclic amines) is 1. The number of hydrogen-bond acceptors (Lipinski definition) is 7. The van der Waals surface area contributed by atoms with E-state index in [2.05, 4.69) is 20.8 Å². The quantitative estimate of drug-likeness (QED) is 0.692. The molecule has 1 fully saturated rings. The van der Waals surface area contributed by atoms with Crippen molar-refractivity contribution in [2.24, 2.45) is 0 Å². The number of carbonyl (C=O) groups excluding carboxylic acids is 3. The average molecular weight is 421 g/mol. The summed E-state index contributed by atoms with van der Waals surface area (Å²) in [6.45, 7) is 2.22. The zero-order valence-corrected chi connectivity index (χ0v) is 16.5. The lowest BCUT2D eigenvalue weighted by Crippen LogP contribution is -2.42. The standard InChI is InChI=1S/C18H20FN5O4S/c1-2-28-14(25)10-20-18(27)24-8-4-7-13(24)16-22-23-17(29-16)15(26)21-12-6-3-5-11(19)9-12/h3,5-6,9,13H,2,4,7-8,10H2,1H3,(H,20,27)(H,21,26)/t13-/m1/s1. The summed E-state index contributed by atoms with van der Waals surface area (Å²) in [7, 11) is 0. The number of urea groups is 1. The van der Waals surface area contributed by atoms with Crippen molar-refractivity contribution in [3.63, 3.8) is 0 Å². The van der Waals surface area contributed by atoms with E-state index in [0.29, 0.717) is 23.7 Å². The fraction of sp³-hybridized carbons (Fsp3) is 0.389. The molecule has 0 radical (unpaired) electrons. The number of carbonyl (C=O) groups is 3. The van der Waals surface area contributed by atoms with Gasteiger partial charge in [-0.1, -0.05) is 17.4 Å². The van der Waals surface area contributed by atoms with Crippen LogP contribution in [0.25, 0.3) is 0 Å². The summed E-state index contributed by atoms with van der Waals surface area (Å²) in [5, 5.41) is 13.7. The summed E-state index contributed by atoms with van der Waals surface area (Å²) in [5.41, 5.74) is 0.313. The maximum Gasteiger partial charge on any atom is 0.325 e. The largest absolute Gasteiger partial charge is 0.465 e. The number of halogens is 1. The van der Waals surface area contributed by atoms with E-state index < -0.39 is 23.7 Å². The van der Waals surface area contributed by atoms with Crippen LogP contribution < -0.4 is 10.6 Å². The first kappa shape index (κ1) is 20.6. The minimum absolute atomic E-state index is 0.114. The molecule has 1 aliphatic rings. The van der Waals surface area contributed by atoms with E-state index in [4.69, 9.17) is 4.74 Å². The van der Waals surface area contributed by atoms with E-state index in [1.165, 1.54) is 18.2 Å². The third-order valence-electron chi connectivity index (χ3n) is 4.21. The van der Waals surface area contributed by atoms with Gasteiger partial charge < -0.3 is 20.3 Å². The summed E-state index contributed by atoms with van der Waals surface area (Å²) in [4.78, 5) is 37.7. The highest BCUT2D eigenvalue weighted by Gasteiger charge is 2.33. The van der Waals surface area contributed by atoms with Gasteiger partial charge in [-0.3, -0.25) is 9.59 Å². The van der Waals surface area contributed by atoms with Gasteiger partial charge in [0.2, 0.25) is 5.01 Å². The van der Waals surface area contributed by atoms with Crippen LogP contribution >= 0.6 is 11.3 Å². The second-order valence-electron chi connectivity index (χ2n) is 6.23. The maximum absolute atomic E-state index is 13.3. The van der Waals surface area contributed by atoms with Crippen LogP contribution in [0.5, 0.6) is 0 Å². The fourth-order valence-electron chi connectivity index (χ4n) is 2.94. The number of benzene rings is 1. The van der Waals surface area contributed by atoms with Crippen molar-refractivity contribution in [3.05, 3.63) is 40.1 Å². The molecule has 3 rings (SSSR count). The van der Waals surface area contributed by atoms with E-state index in [9.17, 15) is 18.8 Å². The molecule has 154 valence electrons. The summed E-state index contributed by atoms with van der Waals surface area (Å²) < 4.78 is 18.0. The highest BCUT2D eigenvalue weighted by atomic mass is 32.1. The van der Waals surface area contributed by atoms with E-state index in [0.717, 1.165) is 17.8 Å². The number of aromatic nitrogens is 2. The normalized spacial score (nSPS) is 15.8. The molecule has 2 heterocycles. The van der Waals surface area contributed by atoms with E-state index in [-0.39, 0.29) is 24.2 Å². The van der Waals surface area contributed by atoms with E-state index >= 15 is 0 Å². The Bertz CT molecular complexity index is 906. The van der Waals surface area contributed by atoms with Gasteiger partial charge in [-0.15, -0.1) is 10.2 Å². The zero-order chi connectivity index (χ0) is 20.8. The minimum Gasteiger partial charge on any atom is -0.465 e. The first-order valence-corrected chi connectivity index (χ1v) is 9.90. The number of amides is 3. The third kappa shape index (κ3) is 5.25. The van der Waals surface area contributed by atoms with Gasteiger partial charge in [-0.25, -0.2) is 9.18 Å². The van der Waals surface area contributed by atoms with Crippen molar-refractivity contribution in [3.8, 4) is 0 Å². The monoisotopic (exact) mass is 421 g/mol. The summed E-state index contributed by atoms with van der Waals surface area (Å²) >= 11 is 1.07. The van der Waals surface area contributed by atoms with Crippen molar-refractivity contribution < 1.29 is 23.5 Å². The van der Waals surface area contributed by atoms with Crippen molar-refractivity contribution in [1.82, 2.24) is 20.4 Å². The van der Waals surface area contributed by atoms with Crippen LogP contribution in [-0.4, -0.2) is 52.7 Å². The maximum atomic E-state index is 13.3. The van der Waals surface area contributed by atoms with Gasteiger partial charge in [-0.2, -0.15) is 0 Å². The van der Waals surface area contributed by atoms with Crippen molar-refractivity contribution in [2.75, 3.05) is 25.0 Å². The Balaban J connectivity index is 1.63. The lowest BCUT2D eigenvalue weighted by Gasteiger charge is -2.22. The lowest BCUT2D eigenvalue weighted by molar-refractivity contribution is -0.141. The fourth-order valence-corrected chi connectivity index (χ4v) is 3.83. The van der Waals surface area contributed by atoms with Crippen molar-refractivity contribution in [1.29, 1.82) is 0 Å². The number of esters is 1. The zero-order valence-electron chi connectivity index (χ0n) is 15.7. The molecule has 0 saturated carbocycles. The molecular weight excluding hydrogens is 401 g/mol. The van der Waals surface area contributed by atoms with Crippen LogP contribution in [0.2, 0.25) is 0 Å². The number of anilines is 1. The smallest absolute Gasteiger partial charge is 0.325 e. The molecule has 0 aliphatic carbocycles. The molecule has 11 heteroatoms. The van der Waals surface area contributed by atoms with Crippen LogP contribution in [0, 0.1) is 5.82 Å². The number of ether oxygens (including phenoxy) is 1. The van der Waals surface area contributed by atoms with Crippen molar-refractivity contribution >= 4 is 34.9 Å². The molecular formula is C18H20FN5O4S. The Labute approximate surface area is 170 Å². The summed E-state index contributed by atoms with van der Waals surface area (Å²) in [6.07, 6.45) is 1.44. The van der Waals surface area contributed by atoms with Gasteiger partial charge in [0.25, 0.3) is 5.91 Å². The first-order chi connectivity index (χ1) is 14.0. The summed E-state index contributed by atoms with van der Waals surface area (Å²) in [6, 6.07) is 4.80. The van der Waals surface area contributed by atoms with Crippen molar-refractivity contribution in [2.45, 2.75) is 25.8 Å². The molecule has 2 N–H and O–H groups in total. The molecule has 0 bridgehead atoms. The Morgan fingerprint density at radius 1 is 1.34 bits per heavy atom. The van der Waals surface area contributed by atoms with Gasteiger partial charge in [0.1, 0.15) is 17.4 Å². The predicted molar refractivity (Wildman–Crippen MR) is 103 cm³/mol. The van der Waals surface area contributed by atoms with E-state index in [1.54, 1.807) is 17.9 Å². The van der Waals surface area contributed by atoms with Gasteiger partial charge in [0.05, 0.1) is 12.6 Å². The van der Waals surface area contributed by atoms with Crippen LogP contribution in [0.1, 0.15) is 40.6 Å². The van der Waals surface area contributed by atoms with Crippen LogP contribution in [-0.2, 0) is 9.53 Å². The molecule has 1 saturated heterocycles. The molecule has 2 aromatic rings. The molecule has 29 heavy (non-hydrogen) atoms. The van der Waals surface area contributed by atoms with Crippen LogP contribution in [0.15, 0.2) is 24.3 Å². The Morgan fingerprint density at radius 2 is 2.17 bits per heavy atom. The highest BCUT2D eigenvalue weighted by Crippen LogP contribution is 2.33. The van der Waals surface area contributed by atoms with Gasteiger partial charge in [-0.05, 0) is 38.0 Å². The van der Waals surface area contributed by atoms with Crippen LogP contribution in [0.3, 0.4) is 0 Å². The Kier molecular flexibility index (Phi) is 6.70. The molecule has 9 nitrogen and oxygen atoms in total. The SMILES string of the molecule is CCOC(=O)CNC(=O)N1CCC[C@@H]1c1nnc(C(=O)Nc2cccc(F)c2)s1. The second kappa shape index (κ2) is 9.41. The molecule has 0 spiro atoms. The Hall–Kier alpha value is -3.08. The topological polar surface area (TPSA) is 114 Å². The van der Waals surface area contributed by atoms with Crippen LogP contribution in [0.4, 0.5) is 14.9 Å². The number of nitrogens with zero attached hydrogens (tertiary/aromatic N) is 3. The third-order valence-corrected chi connectivity index (χ3v) is 5.23. The highest BCUT2D eigenvalue weighted by molar-refractivity contribution is 7.13. The lowest BCUT2D eigenvalue weighted by atomic mass is 10.2. The first-order valence-electron chi connectivity index (χ1n) is 9.08. The molecule has 1 aliphatic heterocycles. The van der Waals surface area contributed by atoms with Gasteiger partial charge in [0, 0.05) is 12.2 Å². The second-order valence-corrected chi connectivity index (χ2v) is 7.23. The van der Waals surface area contributed by atoms with Gasteiger partial charge in [0.15, 0.2) is 0 Å². The molecule has 3 amide bonds. The number of nitrogens with one attached hydrogen (secondary N) is 2.